The zero-order chi connectivity index (χ0) is 19.5. The lowest BCUT2D eigenvalue weighted by Gasteiger charge is -2.33. The van der Waals surface area contributed by atoms with Gasteiger partial charge in [-0.1, -0.05) is 12.1 Å². The van der Waals surface area contributed by atoms with Crippen molar-refractivity contribution in [3.8, 4) is 11.3 Å². The second-order valence-corrected chi connectivity index (χ2v) is 7.93. The summed E-state index contributed by atoms with van der Waals surface area (Å²) in [6, 6.07) is 7.35. The number of aryl methyl sites for hydroxylation is 1. The number of fused-ring (bicyclic) bond motifs is 2. The number of aromatic nitrogens is 4. The minimum atomic E-state index is -0.272. The highest BCUT2D eigenvalue weighted by atomic mass is 19.1. The van der Waals surface area contributed by atoms with Crippen LogP contribution in [-0.2, 0) is 13.0 Å². The quantitative estimate of drug-likeness (QED) is 0.730. The van der Waals surface area contributed by atoms with E-state index in [4.69, 9.17) is 9.98 Å². The Balaban J connectivity index is 1.43. The average Bonchev–Trinajstić information content (AvgIpc) is 3.41. The summed E-state index contributed by atoms with van der Waals surface area (Å²) in [6.07, 6.45) is 5.38. The Bertz CT molecular complexity index is 1140. The van der Waals surface area contributed by atoms with Crippen LogP contribution in [0.15, 0.2) is 35.5 Å². The average molecular weight is 391 g/mol. The summed E-state index contributed by atoms with van der Waals surface area (Å²) in [4.78, 5) is 11.8. The van der Waals surface area contributed by atoms with E-state index in [9.17, 15) is 4.39 Å². The highest BCUT2D eigenvalue weighted by molar-refractivity contribution is 6.03. The van der Waals surface area contributed by atoms with Crippen LogP contribution in [0.25, 0.3) is 11.3 Å². The summed E-state index contributed by atoms with van der Waals surface area (Å²) in [7, 11) is 0. The molecule has 1 N–H and O–H groups in total. The topological polar surface area (TPSA) is 63.3 Å². The molecule has 7 nitrogen and oxygen atoms in total. The molecular weight excluding hydrogens is 369 g/mol. The summed E-state index contributed by atoms with van der Waals surface area (Å²) >= 11 is 0. The molecule has 29 heavy (non-hydrogen) atoms. The number of nitrogens with one attached hydrogen (secondary N) is 1. The van der Waals surface area contributed by atoms with Crippen molar-refractivity contribution >= 4 is 5.84 Å². The van der Waals surface area contributed by atoms with Crippen molar-refractivity contribution in [3.63, 3.8) is 0 Å². The van der Waals surface area contributed by atoms with Crippen molar-refractivity contribution in [3.05, 3.63) is 59.1 Å². The van der Waals surface area contributed by atoms with Crippen molar-refractivity contribution in [1.29, 1.82) is 0 Å². The lowest BCUT2D eigenvalue weighted by molar-refractivity contribution is 0.370. The molecule has 6 rings (SSSR count). The maximum absolute atomic E-state index is 14.6. The van der Waals surface area contributed by atoms with Crippen molar-refractivity contribution in [1.82, 2.24) is 24.3 Å². The van der Waals surface area contributed by atoms with Gasteiger partial charge in [-0.15, -0.1) is 0 Å². The Kier molecular flexibility index (Phi) is 3.57. The van der Waals surface area contributed by atoms with E-state index in [-0.39, 0.29) is 5.82 Å². The van der Waals surface area contributed by atoms with Gasteiger partial charge in [-0.3, -0.25) is 4.68 Å². The number of aliphatic imine (C=N–C) groups is 1. The molecule has 1 fully saturated rings. The lowest BCUT2D eigenvalue weighted by Crippen LogP contribution is -2.42. The number of hydrogen-bond acceptors (Lipinski definition) is 5. The molecular formula is C21H22FN7. The minimum Gasteiger partial charge on any atom is -0.349 e. The van der Waals surface area contributed by atoms with Crippen molar-refractivity contribution in [2.24, 2.45) is 4.99 Å². The van der Waals surface area contributed by atoms with E-state index in [1.54, 1.807) is 12.1 Å². The zero-order valence-electron chi connectivity index (χ0n) is 16.3. The first-order valence-electron chi connectivity index (χ1n) is 10.1. The third kappa shape index (κ3) is 2.58. The van der Waals surface area contributed by atoms with Crippen LogP contribution in [0, 0.1) is 12.7 Å². The predicted octanol–water partition coefficient (Wildman–Crippen LogP) is 2.85. The van der Waals surface area contributed by atoms with Crippen molar-refractivity contribution in [2.75, 3.05) is 18.6 Å². The Labute approximate surface area is 167 Å². The van der Waals surface area contributed by atoms with E-state index in [1.807, 2.05) is 23.9 Å². The summed E-state index contributed by atoms with van der Waals surface area (Å²) < 4.78 is 18.7. The fraction of sp³-hybridized carbons (Fsp3) is 0.381. The molecule has 3 aliphatic rings. The molecule has 148 valence electrons. The fourth-order valence-electron chi connectivity index (χ4n) is 4.41. The number of nitrogens with zero attached hydrogens (tertiary/aromatic N) is 6. The molecule has 1 aromatic carbocycles. The number of rotatable bonds is 2. The van der Waals surface area contributed by atoms with Crippen LogP contribution in [0.2, 0.25) is 0 Å². The van der Waals surface area contributed by atoms with E-state index < -0.39 is 0 Å². The van der Waals surface area contributed by atoms with Gasteiger partial charge in [0.2, 0.25) is 0 Å². The summed E-state index contributed by atoms with van der Waals surface area (Å²) in [6.45, 7) is 4.04. The van der Waals surface area contributed by atoms with Crippen molar-refractivity contribution in [2.45, 2.75) is 38.8 Å². The van der Waals surface area contributed by atoms with Gasteiger partial charge in [0, 0.05) is 12.1 Å². The molecule has 2 aromatic heterocycles. The van der Waals surface area contributed by atoms with Crippen LogP contribution >= 0.6 is 0 Å². The van der Waals surface area contributed by atoms with E-state index in [2.05, 4.69) is 20.1 Å². The highest BCUT2D eigenvalue weighted by Crippen LogP contribution is 2.37. The third-order valence-corrected chi connectivity index (χ3v) is 6.01. The van der Waals surface area contributed by atoms with Crippen LogP contribution in [0.5, 0.6) is 0 Å². The van der Waals surface area contributed by atoms with E-state index in [0.717, 1.165) is 36.9 Å². The van der Waals surface area contributed by atoms with Gasteiger partial charge in [0.1, 0.15) is 29.7 Å². The van der Waals surface area contributed by atoms with E-state index in [1.165, 1.54) is 30.2 Å². The summed E-state index contributed by atoms with van der Waals surface area (Å²) in [5, 5.41) is 4.64. The van der Waals surface area contributed by atoms with Crippen LogP contribution < -0.4 is 5.43 Å². The lowest BCUT2D eigenvalue weighted by atomic mass is 10.0. The number of benzene rings is 1. The molecule has 0 unspecified atom stereocenters. The van der Waals surface area contributed by atoms with Gasteiger partial charge in [0.05, 0.1) is 24.5 Å². The molecule has 1 aliphatic carbocycles. The van der Waals surface area contributed by atoms with Gasteiger partial charge in [-0.05, 0) is 43.9 Å². The smallest absolute Gasteiger partial charge is 0.154 e. The van der Waals surface area contributed by atoms with Gasteiger partial charge < -0.3 is 10.3 Å². The number of amidine groups is 1. The standard InChI is InChI=1S/C21H22FN7/c1-13-26-19(16-4-2-3-5-17(16)22)20-21(23-12-25-28(13)20)27-9-8-14-10-24-29(15-6-7-15)18(14)11-27/h2-5,10,15,25H,6-9,11-12H2,1H3. The maximum atomic E-state index is 14.6. The van der Waals surface area contributed by atoms with E-state index >= 15 is 0 Å². The Morgan fingerprint density at radius 3 is 2.90 bits per heavy atom. The molecule has 0 spiro atoms. The Morgan fingerprint density at radius 2 is 2.07 bits per heavy atom. The van der Waals surface area contributed by atoms with Crippen molar-refractivity contribution < 1.29 is 4.39 Å². The first kappa shape index (κ1) is 16.8. The Morgan fingerprint density at radius 1 is 1.21 bits per heavy atom. The molecule has 8 heteroatoms. The molecule has 3 aromatic rings. The summed E-state index contributed by atoms with van der Waals surface area (Å²) in [5.41, 5.74) is 7.85. The van der Waals surface area contributed by atoms with Crippen LogP contribution in [0.4, 0.5) is 4.39 Å². The molecule has 4 heterocycles. The second kappa shape index (κ2) is 6.17. The first-order chi connectivity index (χ1) is 14.2. The van der Waals surface area contributed by atoms with Gasteiger partial charge in [-0.25, -0.2) is 19.0 Å². The van der Waals surface area contributed by atoms with Crippen LogP contribution in [0.3, 0.4) is 0 Å². The monoisotopic (exact) mass is 391 g/mol. The Hall–Kier alpha value is -3.16. The molecule has 0 saturated heterocycles. The van der Waals surface area contributed by atoms with Gasteiger partial charge in [0.25, 0.3) is 0 Å². The van der Waals surface area contributed by atoms with Gasteiger partial charge in [0.15, 0.2) is 5.84 Å². The third-order valence-electron chi connectivity index (χ3n) is 6.01. The first-order valence-corrected chi connectivity index (χ1v) is 10.1. The van der Waals surface area contributed by atoms with Crippen LogP contribution in [0.1, 0.15) is 41.7 Å². The van der Waals surface area contributed by atoms with Gasteiger partial charge in [-0.2, -0.15) is 5.10 Å². The largest absolute Gasteiger partial charge is 0.349 e. The second-order valence-electron chi connectivity index (χ2n) is 7.93. The predicted molar refractivity (Wildman–Crippen MR) is 108 cm³/mol. The van der Waals surface area contributed by atoms with E-state index in [0.29, 0.717) is 24.0 Å². The molecule has 0 atom stereocenters. The minimum absolute atomic E-state index is 0.272. The molecule has 1 saturated carbocycles. The number of hydrogen-bond donors (Lipinski definition) is 1. The normalized spacial score (nSPS) is 18.1. The zero-order valence-corrected chi connectivity index (χ0v) is 16.3. The molecule has 2 aliphatic heterocycles. The summed E-state index contributed by atoms with van der Waals surface area (Å²) in [5.74, 6) is 1.40. The highest BCUT2D eigenvalue weighted by Gasteiger charge is 2.34. The molecule has 0 amide bonds. The van der Waals surface area contributed by atoms with Crippen LogP contribution in [-0.4, -0.2) is 43.4 Å². The van der Waals surface area contributed by atoms with Gasteiger partial charge >= 0.3 is 0 Å². The number of halogens is 1. The SMILES string of the molecule is Cc1nc(-c2ccccc2F)c2n1NCN=C2N1CCc2cnn(C3CC3)c2C1. The fourth-order valence-corrected chi connectivity index (χ4v) is 4.41. The molecule has 0 radical (unpaired) electrons. The maximum Gasteiger partial charge on any atom is 0.154 e. The number of imidazole rings is 1. The molecule has 0 bridgehead atoms.